The minimum atomic E-state index is -0.153. The average Bonchev–Trinajstić information content (AvgIpc) is 1.64. The number of pyridine rings is 1. The van der Waals surface area contributed by atoms with Gasteiger partial charge in [-0.1, -0.05) is 201 Å². The summed E-state index contributed by atoms with van der Waals surface area (Å²) in [6, 6.07) is 64.6. The zero-order valence-electron chi connectivity index (χ0n) is 55.0. The Hall–Kier alpha value is -7.73. The first kappa shape index (κ1) is 61.5. The maximum atomic E-state index is 7.29. The van der Waals surface area contributed by atoms with Crippen LogP contribution in [0, 0.1) is 18.8 Å². The summed E-state index contributed by atoms with van der Waals surface area (Å²) in [6.45, 7) is 40.0. The number of aryl methyl sites for hydroxylation is 2. The number of benzene rings is 8. The van der Waals surface area contributed by atoms with Gasteiger partial charge in [0.2, 0.25) is 0 Å². The van der Waals surface area contributed by atoms with E-state index in [1.54, 1.807) is 0 Å². The molecular formula is C81H85N6OPt-3. The van der Waals surface area contributed by atoms with E-state index in [-0.39, 0.29) is 54.6 Å². The molecule has 13 rings (SSSR count). The number of anilines is 4. The fourth-order valence-electron chi connectivity index (χ4n) is 13.3. The zero-order chi connectivity index (χ0) is 61.9. The molecule has 0 atom stereocenters. The van der Waals surface area contributed by atoms with Gasteiger partial charge in [-0.25, -0.2) is 9.97 Å². The van der Waals surface area contributed by atoms with Crippen LogP contribution >= 0.6 is 0 Å². The third kappa shape index (κ3) is 11.4. The van der Waals surface area contributed by atoms with Crippen LogP contribution in [0.4, 0.5) is 22.7 Å². The molecule has 11 aromatic rings. The van der Waals surface area contributed by atoms with Crippen molar-refractivity contribution in [1.29, 1.82) is 0 Å². The number of nitrogens with zero attached hydrogens (tertiary/aromatic N) is 6. The van der Waals surface area contributed by atoms with Crippen LogP contribution in [0.5, 0.6) is 11.5 Å². The van der Waals surface area contributed by atoms with E-state index in [2.05, 4.69) is 300 Å². The summed E-state index contributed by atoms with van der Waals surface area (Å²) < 4.78 is 12.0. The molecule has 8 aromatic carbocycles. The Labute approximate surface area is 543 Å². The molecular weight excluding hydrogens is 1270 g/mol. The van der Waals surface area contributed by atoms with Crippen LogP contribution in [-0.2, 0) is 55.7 Å². The second-order valence-electron chi connectivity index (χ2n) is 29.6. The van der Waals surface area contributed by atoms with Gasteiger partial charge in [0.1, 0.15) is 11.6 Å². The van der Waals surface area contributed by atoms with E-state index in [0.717, 1.165) is 98.6 Å². The standard InChI is InChI=1S/C81H85N6O.Pt/c1-50(2)62-23-21-24-63(51(3)4)76(62)54-40-59(45-61(41-54)88-60-35-36-65-64-22-17-18-25-69(64)87(70(65)46-60)75-44-57(37-38-82-75)80(11,12)13)85-49-86(73-48-71-68(47-72(73)85)83-74-26-19-20-39-84(71)74)77-66(52-27-31-55(32-28-52)78(5,6)7)42-58(81(14,15)16)43-67(77)53-29-33-56(34-30-53)79(8,9)10;/h17-18,21-25,27-38,40-44,47-51H,19-20,26,39H2,1-16H3;/q-3;. The number of para-hydroxylation sites is 1. The first-order valence-corrected chi connectivity index (χ1v) is 32.0. The van der Waals surface area contributed by atoms with Gasteiger partial charge >= 0.3 is 0 Å². The van der Waals surface area contributed by atoms with Gasteiger partial charge in [0.25, 0.3) is 0 Å². The molecule has 89 heavy (non-hydrogen) atoms. The summed E-state index contributed by atoms with van der Waals surface area (Å²) >= 11 is 0. The average molecular weight is 1350 g/mol. The Balaban J connectivity index is 0.00000769. The number of hydrogen-bond donors (Lipinski definition) is 0. The van der Waals surface area contributed by atoms with Crippen LogP contribution in [0.25, 0.3) is 72.0 Å². The van der Waals surface area contributed by atoms with Crippen molar-refractivity contribution >= 4 is 55.6 Å². The molecule has 0 aliphatic carbocycles. The molecule has 8 heteroatoms. The largest absolute Gasteiger partial charge is 0.509 e. The van der Waals surface area contributed by atoms with Crippen molar-refractivity contribution in [3.05, 3.63) is 216 Å². The Bertz CT molecular complexity index is 4390. The second kappa shape index (κ2) is 22.9. The number of aromatic nitrogens is 4. The van der Waals surface area contributed by atoms with E-state index in [1.165, 1.54) is 61.2 Å². The summed E-state index contributed by atoms with van der Waals surface area (Å²) in [5, 5.41) is 2.21. The predicted octanol–water partition coefficient (Wildman–Crippen LogP) is 22.1. The normalized spacial score (nSPS) is 13.9. The van der Waals surface area contributed by atoms with Gasteiger partial charge in [-0.15, -0.1) is 53.6 Å². The first-order chi connectivity index (χ1) is 41.8. The molecule has 0 unspecified atom stereocenters. The molecule has 7 nitrogen and oxygen atoms in total. The van der Waals surface area contributed by atoms with Gasteiger partial charge in [-0.05, 0) is 144 Å². The molecule has 0 radical (unpaired) electrons. The smallest absolute Gasteiger partial charge is 0.135 e. The first-order valence-electron chi connectivity index (χ1n) is 32.0. The maximum Gasteiger partial charge on any atom is 0.135 e. The zero-order valence-corrected chi connectivity index (χ0v) is 57.3. The molecule has 2 aliphatic heterocycles. The Kier molecular flexibility index (Phi) is 15.9. The van der Waals surface area contributed by atoms with E-state index in [9.17, 15) is 0 Å². The number of hydrogen-bond acceptors (Lipinski definition) is 5. The Morgan fingerprint density at radius 1 is 0.517 bits per heavy atom. The van der Waals surface area contributed by atoms with Crippen LogP contribution in [0.1, 0.15) is 175 Å². The summed E-state index contributed by atoms with van der Waals surface area (Å²) in [6.07, 6.45) is 5.16. The molecule has 458 valence electrons. The van der Waals surface area contributed by atoms with E-state index in [0.29, 0.717) is 11.5 Å². The number of rotatable bonds is 10. The summed E-state index contributed by atoms with van der Waals surface area (Å²) in [5.41, 5.74) is 22.6. The van der Waals surface area contributed by atoms with Gasteiger partial charge in [0.05, 0.1) is 11.0 Å². The number of imidazole rings is 1. The minimum Gasteiger partial charge on any atom is -0.509 e. The molecule has 0 bridgehead atoms. The molecule has 0 N–H and O–H groups in total. The van der Waals surface area contributed by atoms with Crippen molar-refractivity contribution < 1.29 is 25.8 Å². The summed E-state index contributed by atoms with van der Waals surface area (Å²) in [7, 11) is 0. The third-order valence-corrected chi connectivity index (χ3v) is 18.4. The molecule has 0 saturated carbocycles. The third-order valence-electron chi connectivity index (χ3n) is 18.4. The van der Waals surface area contributed by atoms with E-state index < -0.39 is 0 Å². The van der Waals surface area contributed by atoms with Gasteiger partial charge in [0.15, 0.2) is 0 Å². The quantitative estimate of drug-likeness (QED) is 0.128. The second-order valence-corrected chi connectivity index (χ2v) is 29.6. The number of fused-ring (bicyclic) bond motifs is 7. The molecule has 0 spiro atoms. The van der Waals surface area contributed by atoms with Crippen molar-refractivity contribution in [1.82, 2.24) is 19.1 Å². The fraction of sp³-hybridized carbons (Fsp3) is 0.321. The van der Waals surface area contributed by atoms with Crippen LogP contribution in [0.3, 0.4) is 0 Å². The van der Waals surface area contributed by atoms with E-state index >= 15 is 0 Å². The SMILES string of the molecule is CC(C)c1cccc(C(C)C)c1-c1cc(Oc2[c-]c3c(cc2)c2ccccc2n3-c2cc(C(C)(C)C)ccn2)[c-]c(N2[CH-]N(c3c(-c4ccc(C(C)(C)C)cc4)cc(C(C)(C)C)cc3-c3ccc(C(C)(C)C)cc3)c3cc4c(cc32)nc2n4CCCC2)c1.[Pt]. The van der Waals surface area contributed by atoms with Crippen LogP contribution < -0.4 is 14.5 Å². The molecule has 5 heterocycles. The van der Waals surface area contributed by atoms with E-state index in [4.69, 9.17) is 14.7 Å². The minimum absolute atomic E-state index is 0. The van der Waals surface area contributed by atoms with Crippen LogP contribution in [0.15, 0.2) is 158 Å². The van der Waals surface area contributed by atoms with Crippen molar-refractivity contribution in [3.8, 4) is 50.7 Å². The molecule has 3 aromatic heterocycles. The molecule has 2 aliphatic rings. The summed E-state index contributed by atoms with van der Waals surface area (Å²) in [4.78, 5) is 15.3. The van der Waals surface area contributed by atoms with Gasteiger partial charge < -0.3 is 23.7 Å². The number of ether oxygens (including phenoxy) is 1. The topological polar surface area (TPSA) is 51.4 Å². The fourth-order valence-corrected chi connectivity index (χ4v) is 13.3. The van der Waals surface area contributed by atoms with Gasteiger partial charge in [-0.2, -0.15) is 6.07 Å². The van der Waals surface area contributed by atoms with Gasteiger partial charge in [0, 0.05) is 85.4 Å². The van der Waals surface area contributed by atoms with E-state index in [1.807, 2.05) is 6.20 Å². The van der Waals surface area contributed by atoms with Crippen molar-refractivity contribution in [2.24, 2.45) is 0 Å². The summed E-state index contributed by atoms with van der Waals surface area (Å²) in [5.74, 6) is 3.69. The predicted molar refractivity (Wildman–Crippen MR) is 370 cm³/mol. The Morgan fingerprint density at radius 2 is 1.12 bits per heavy atom. The molecule has 0 fully saturated rings. The Morgan fingerprint density at radius 3 is 1.73 bits per heavy atom. The van der Waals surface area contributed by atoms with Crippen molar-refractivity contribution in [3.63, 3.8) is 0 Å². The van der Waals surface area contributed by atoms with Crippen molar-refractivity contribution in [2.45, 2.75) is 170 Å². The monoisotopic (exact) mass is 1350 g/mol. The van der Waals surface area contributed by atoms with Gasteiger partial charge in [-0.3, -0.25) is 0 Å². The molecule has 0 amide bonds. The van der Waals surface area contributed by atoms with Crippen LogP contribution in [-0.4, -0.2) is 19.1 Å². The van der Waals surface area contributed by atoms with Crippen LogP contribution in [0.2, 0.25) is 0 Å². The molecule has 0 saturated heterocycles. The maximum absolute atomic E-state index is 7.29. The van der Waals surface area contributed by atoms with Crippen molar-refractivity contribution in [2.75, 3.05) is 9.80 Å².